The summed E-state index contributed by atoms with van der Waals surface area (Å²) in [6, 6.07) is 17.6. The molecule has 1 heterocycles. The Bertz CT molecular complexity index is 1010. The Hall–Kier alpha value is -3.21. The van der Waals surface area contributed by atoms with Crippen molar-refractivity contribution in [3.8, 4) is 11.3 Å². The molecule has 1 fully saturated rings. The maximum Gasteiger partial charge on any atom is 0.258 e. The van der Waals surface area contributed by atoms with Crippen molar-refractivity contribution in [2.75, 3.05) is 0 Å². The van der Waals surface area contributed by atoms with Gasteiger partial charge >= 0.3 is 0 Å². The number of hydrogen-bond acceptors (Lipinski definition) is 3. The van der Waals surface area contributed by atoms with E-state index in [0.29, 0.717) is 11.5 Å². The molecule has 5 nitrogen and oxygen atoms in total. The molecular formula is C21H20N4O. The minimum absolute atomic E-state index is 0.368. The minimum Gasteiger partial charge on any atom is -0.370 e. The van der Waals surface area contributed by atoms with E-state index in [9.17, 15) is 4.79 Å². The first-order valence-corrected chi connectivity index (χ1v) is 8.78. The third-order valence-electron chi connectivity index (χ3n) is 4.99. The Labute approximate surface area is 151 Å². The highest BCUT2D eigenvalue weighted by atomic mass is 16.1. The summed E-state index contributed by atoms with van der Waals surface area (Å²) in [6.45, 7) is 0. The van der Waals surface area contributed by atoms with Crippen molar-refractivity contribution in [2.45, 2.75) is 25.2 Å². The lowest BCUT2D eigenvalue weighted by Gasteiger charge is -2.28. The van der Waals surface area contributed by atoms with Crippen molar-refractivity contribution >= 4 is 22.8 Å². The average molecular weight is 344 g/mol. The van der Waals surface area contributed by atoms with Gasteiger partial charge in [-0.05, 0) is 36.5 Å². The number of nitrogens with one attached hydrogen (secondary N) is 2. The summed E-state index contributed by atoms with van der Waals surface area (Å²) in [4.78, 5) is 17.4. The second-order valence-corrected chi connectivity index (χ2v) is 6.66. The van der Waals surface area contributed by atoms with Gasteiger partial charge in [-0.15, -0.1) is 0 Å². The normalized spacial score (nSPS) is 14.0. The fourth-order valence-electron chi connectivity index (χ4n) is 3.50. The van der Waals surface area contributed by atoms with E-state index in [2.05, 4.69) is 23.5 Å². The molecule has 1 amide bonds. The number of benzene rings is 2. The number of nitrogens with zero attached hydrogens (tertiary/aromatic N) is 1. The summed E-state index contributed by atoms with van der Waals surface area (Å²) in [7, 11) is 0. The van der Waals surface area contributed by atoms with Gasteiger partial charge in [0.25, 0.3) is 5.91 Å². The van der Waals surface area contributed by atoms with Crippen LogP contribution in [0.2, 0.25) is 0 Å². The van der Waals surface area contributed by atoms with Crippen LogP contribution in [0.5, 0.6) is 0 Å². The van der Waals surface area contributed by atoms with Crippen LogP contribution in [0.1, 0.15) is 41.1 Å². The standard InChI is InChI=1S/C21H20N4O/c22-21(23)25-20(26)17-12-19(24-18-11-4-3-10-16(17)18)15-9-2-1-8-14(15)13-6-5-7-13/h1-4,8-13H,5-7H2,(H4,22,23,25,26). The van der Waals surface area contributed by atoms with Crippen molar-refractivity contribution < 1.29 is 4.79 Å². The monoisotopic (exact) mass is 344 g/mol. The van der Waals surface area contributed by atoms with Crippen LogP contribution in [0.25, 0.3) is 22.2 Å². The molecule has 0 atom stereocenters. The fraction of sp³-hybridized carbons (Fsp3) is 0.190. The maximum atomic E-state index is 12.6. The zero-order valence-electron chi connectivity index (χ0n) is 14.3. The van der Waals surface area contributed by atoms with E-state index < -0.39 is 5.91 Å². The van der Waals surface area contributed by atoms with E-state index in [1.165, 1.54) is 24.8 Å². The van der Waals surface area contributed by atoms with E-state index in [4.69, 9.17) is 16.1 Å². The third-order valence-corrected chi connectivity index (χ3v) is 4.99. The van der Waals surface area contributed by atoms with Gasteiger partial charge in [-0.25, -0.2) is 4.98 Å². The number of aromatic nitrogens is 1. The Morgan fingerprint density at radius 3 is 2.58 bits per heavy atom. The molecule has 1 saturated carbocycles. The summed E-state index contributed by atoms with van der Waals surface area (Å²) in [5, 5.41) is 10.5. The van der Waals surface area contributed by atoms with Gasteiger partial charge in [0.05, 0.1) is 16.8 Å². The van der Waals surface area contributed by atoms with Crippen LogP contribution in [0.4, 0.5) is 0 Å². The molecule has 0 saturated heterocycles. The van der Waals surface area contributed by atoms with Gasteiger partial charge < -0.3 is 5.73 Å². The zero-order valence-corrected chi connectivity index (χ0v) is 14.3. The molecule has 3 aromatic rings. The van der Waals surface area contributed by atoms with E-state index in [1.807, 2.05) is 30.3 Å². The van der Waals surface area contributed by atoms with Gasteiger partial charge in [-0.2, -0.15) is 0 Å². The van der Waals surface area contributed by atoms with Crippen LogP contribution in [-0.2, 0) is 0 Å². The number of carbonyl (C=O) groups is 1. The number of nitrogens with two attached hydrogens (primary N) is 1. The molecule has 0 aliphatic heterocycles. The van der Waals surface area contributed by atoms with E-state index >= 15 is 0 Å². The SMILES string of the molecule is N=C(N)NC(=O)c1cc(-c2ccccc2C2CCC2)nc2ccccc12. The van der Waals surface area contributed by atoms with Gasteiger partial charge in [0.15, 0.2) is 5.96 Å². The smallest absolute Gasteiger partial charge is 0.258 e. The van der Waals surface area contributed by atoms with Crippen LogP contribution >= 0.6 is 0 Å². The average Bonchev–Trinajstić information content (AvgIpc) is 2.59. The number of pyridine rings is 1. The van der Waals surface area contributed by atoms with Crippen LogP contribution in [0.3, 0.4) is 0 Å². The molecule has 26 heavy (non-hydrogen) atoms. The predicted molar refractivity (Wildman–Crippen MR) is 103 cm³/mol. The van der Waals surface area contributed by atoms with Gasteiger partial charge in [-0.3, -0.25) is 15.5 Å². The lowest BCUT2D eigenvalue weighted by Crippen LogP contribution is -2.35. The topological polar surface area (TPSA) is 91.9 Å². The number of carbonyl (C=O) groups excluding carboxylic acids is 1. The first-order valence-electron chi connectivity index (χ1n) is 8.78. The largest absolute Gasteiger partial charge is 0.370 e. The number of hydrogen-bond donors (Lipinski definition) is 3. The molecule has 130 valence electrons. The van der Waals surface area contributed by atoms with Crippen LogP contribution < -0.4 is 11.1 Å². The molecule has 1 aromatic heterocycles. The molecule has 0 bridgehead atoms. The lowest BCUT2D eigenvalue weighted by atomic mass is 9.77. The highest BCUT2D eigenvalue weighted by Gasteiger charge is 2.23. The first kappa shape index (κ1) is 16.3. The van der Waals surface area contributed by atoms with Gasteiger partial charge in [0.1, 0.15) is 0 Å². The highest BCUT2D eigenvalue weighted by Crippen LogP contribution is 2.41. The molecule has 5 heteroatoms. The maximum absolute atomic E-state index is 12.6. The number of guanidine groups is 1. The van der Waals surface area contributed by atoms with Crippen LogP contribution in [-0.4, -0.2) is 16.9 Å². The molecule has 1 aliphatic carbocycles. The van der Waals surface area contributed by atoms with E-state index in [0.717, 1.165) is 22.2 Å². The Kier molecular flexibility index (Phi) is 4.13. The molecule has 0 radical (unpaired) electrons. The molecular weight excluding hydrogens is 324 g/mol. The second-order valence-electron chi connectivity index (χ2n) is 6.66. The van der Waals surface area contributed by atoms with Crippen molar-refractivity contribution in [3.63, 3.8) is 0 Å². The highest BCUT2D eigenvalue weighted by molar-refractivity contribution is 6.12. The minimum atomic E-state index is -0.390. The Morgan fingerprint density at radius 2 is 1.85 bits per heavy atom. The number of para-hydroxylation sites is 1. The van der Waals surface area contributed by atoms with Crippen LogP contribution in [0.15, 0.2) is 54.6 Å². The number of rotatable bonds is 3. The second kappa shape index (κ2) is 6.59. The zero-order chi connectivity index (χ0) is 18.1. The predicted octanol–water partition coefficient (Wildman–Crippen LogP) is 3.79. The van der Waals surface area contributed by atoms with Gasteiger partial charge in [-0.1, -0.05) is 48.9 Å². The Balaban J connectivity index is 1.89. The molecule has 4 rings (SSSR count). The third kappa shape index (κ3) is 2.92. The molecule has 0 spiro atoms. The fourth-order valence-corrected chi connectivity index (χ4v) is 3.50. The van der Waals surface area contributed by atoms with E-state index in [-0.39, 0.29) is 5.96 Å². The van der Waals surface area contributed by atoms with Crippen molar-refractivity contribution in [3.05, 3.63) is 65.7 Å². The van der Waals surface area contributed by atoms with Gasteiger partial charge in [0.2, 0.25) is 0 Å². The van der Waals surface area contributed by atoms with Crippen molar-refractivity contribution in [2.24, 2.45) is 5.73 Å². The van der Waals surface area contributed by atoms with E-state index in [1.54, 1.807) is 6.07 Å². The summed E-state index contributed by atoms with van der Waals surface area (Å²) in [6.07, 6.45) is 3.65. The molecule has 1 aliphatic rings. The van der Waals surface area contributed by atoms with Gasteiger partial charge in [0, 0.05) is 10.9 Å². The summed E-state index contributed by atoms with van der Waals surface area (Å²) >= 11 is 0. The molecule has 0 unspecified atom stereocenters. The van der Waals surface area contributed by atoms with Crippen molar-refractivity contribution in [1.29, 1.82) is 5.41 Å². The van der Waals surface area contributed by atoms with Crippen LogP contribution in [0, 0.1) is 5.41 Å². The summed E-state index contributed by atoms with van der Waals surface area (Å²) in [5.74, 6) is -0.195. The quantitative estimate of drug-likeness (QED) is 0.498. The number of fused-ring (bicyclic) bond motifs is 1. The Morgan fingerprint density at radius 1 is 1.12 bits per heavy atom. The summed E-state index contributed by atoms with van der Waals surface area (Å²) in [5.41, 5.74) is 9.72. The van der Waals surface area contributed by atoms with Crippen molar-refractivity contribution in [1.82, 2.24) is 10.3 Å². The first-order chi connectivity index (χ1) is 12.6. The molecule has 2 aromatic carbocycles. The molecule has 4 N–H and O–H groups in total. The summed E-state index contributed by atoms with van der Waals surface area (Å²) < 4.78 is 0. The lowest BCUT2D eigenvalue weighted by molar-refractivity contribution is 0.0978. The number of amides is 1.